The molecule has 0 atom stereocenters. The summed E-state index contributed by atoms with van der Waals surface area (Å²) in [7, 11) is 5.48. The van der Waals surface area contributed by atoms with Gasteiger partial charge in [0.15, 0.2) is 11.8 Å². The molecule has 3 rings (SSSR count). The third-order valence-electron chi connectivity index (χ3n) is 4.82. The van der Waals surface area contributed by atoms with Crippen LogP contribution in [0.15, 0.2) is 29.3 Å². The summed E-state index contributed by atoms with van der Waals surface area (Å²) in [5.74, 6) is 3.60. The molecule has 0 spiro atoms. The maximum Gasteiger partial charge on any atom is 0.194 e. The average molecular weight is 357 g/mol. The largest absolute Gasteiger partial charge is 0.497 e. The Labute approximate surface area is 154 Å². The summed E-state index contributed by atoms with van der Waals surface area (Å²) >= 11 is 0. The molecular weight excluding hydrogens is 330 g/mol. The molecule has 26 heavy (non-hydrogen) atoms. The van der Waals surface area contributed by atoms with Gasteiger partial charge in [-0.2, -0.15) is 0 Å². The number of hydrogen-bond acceptors (Lipinski definition) is 5. The predicted octanol–water partition coefficient (Wildman–Crippen LogP) is 1.03. The number of guanidine groups is 1. The topological polar surface area (TPSA) is 70.8 Å². The van der Waals surface area contributed by atoms with Gasteiger partial charge in [-0.05, 0) is 31.2 Å². The number of nitrogens with zero attached hydrogens (tertiary/aromatic N) is 6. The fourth-order valence-electron chi connectivity index (χ4n) is 3.06. The Hall–Kier alpha value is -2.77. The summed E-state index contributed by atoms with van der Waals surface area (Å²) in [5, 5.41) is 11.7. The molecule has 0 saturated carbocycles. The first-order chi connectivity index (χ1) is 12.6. The summed E-state index contributed by atoms with van der Waals surface area (Å²) in [5.41, 5.74) is 1.22. The molecule has 1 saturated heterocycles. The molecule has 1 aromatic carbocycles. The van der Waals surface area contributed by atoms with Crippen LogP contribution in [0.4, 0.5) is 5.69 Å². The van der Waals surface area contributed by atoms with Gasteiger partial charge in [0.05, 0.1) is 13.7 Å². The van der Waals surface area contributed by atoms with Crippen LogP contribution in [0.2, 0.25) is 0 Å². The number of aromatic nitrogens is 3. The fraction of sp³-hybridized carbons (Fsp3) is 0.500. The second-order valence-corrected chi connectivity index (χ2v) is 6.30. The molecule has 2 aromatic rings. The van der Waals surface area contributed by atoms with E-state index in [1.165, 1.54) is 5.69 Å². The Morgan fingerprint density at radius 3 is 2.38 bits per heavy atom. The molecule has 1 aliphatic heterocycles. The maximum atomic E-state index is 5.23. The molecule has 0 aliphatic carbocycles. The lowest BCUT2D eigenvalue weighted by atomic mass is 10.2. The maximum absolute atomic E-state index is 5.23. The SMILES string of the molecule is CN=C(NCc1nnc(C)n1C)N1CCN(c2ccc(OC)cc2)CC1. The van der Waals surface area contributed by atoms with E-state index in [1.54, 1.807) is 7.11 Å². The molecule has 140 valence electrons. The monoisotopic (exact) mass is 357 g/mol. The van der Waals surface area contributed by atoms with Crippen molar-refractivity contribution < 1.29 is 4.74 Å². The number of methoxy groups -OCH3 is 1. The van der Waals surface area contributed by atoms with Crippen molar-refractivity contribution in [2.75, 3.05) is 45.2 Å². The Balaban J connectivity index is 1.54. The molecular formula is C18H27N7O. The van der Waals surface area contributed by atoms with Crippen LogP contribution < -0.4 is 15.0 Å². The van der Waals surface area contributed by atoms with E-state index in [-0.39, 0.29) is 0 Å². The van der Waals surface area contributed by atoms with E-state index >= 15 is 0 Å². The van der Waals surface area contributed by atoms with Crippen LogP contribution in [0.1, 0.15) is 11.6 Å². The molecule has 1 aromatic heterocycles. The number of rotatable bonds is 4. The molecule has 2 heterocycles. The highest BCUT2D eigenvalue weighted by molar-refractivity contribution is 5.80. The van der Waals surface area contributed by atoms with Gasteiger partial charge in [0.1, 0.15) is 11.6 Å². The third kappa shape index (κ3) is 3.89. The number of anilines is 1. The molecule has 1 N–H and O–H groups in total. The number of hydrogen-bond donors (Lipinski definition) is 1. The quantitative estimate of drug-likeness (QED) is 0.651. The van der Waals surface area contributed by atoms with Crippen molar-refractivity contribution in [2.24, 2.45) is 12.0 Å². The number of nitrogens with one attached hydrogen (secondary N) is 1. The van der Waals surface area contributed by atoms with Crippen LogP contribution in [-0.4, -0.2) is 66.0 Å². The lowest BCUT2D eigenvalue weighted by Crippen LogP contribution is -2.52. The highest BCUT2D eigenvalue weighted by Crippen LogP contribution is 2.20. The standard InChI is InChI=1S/C18H27N7O/c1-14-21-22-17(23(14)3)13-20-18(19-2)25-11-9-24(10-12-25)15-5-7-16(26-4)8-6-15/h5-8H,9-13H2,1-4H3,(H,19,20). The van der Waals surface area contributed by atoms with Gasteiger partial charge in [-0.15, -0.1) is 10.2 Å². The number of aryl methyl sites for hydroxylation is 1. The zero-order valence-corrected chi connectivity index (χ0v) is 15.9. The number of aliphatic imine (C=N–C) groups is 1. The van der Waals surface area contributed by atoms with Crippen molar-refractivity contribution in [1.29, 1.82) is 0 Å². The van der Waals surface area contributed by atoms with Crippen LogP contribution in [0.5, 0.6) is 5.75 Å². The molecule has 8 heteroatoms. The molecule has 8 nitrogen and oxygen atoms in total. The summed E-state index contributed by atoms with van der Waals surface area (Å²) in [4.78, 5) is 9.09. The normalized spacial score (nSPS) is 15.3. The van der Waals surface area contributed by atoms with Gasteiger partial charge in [0, 0.05) is 46.0 Å². The first kappa shape index (κ1) is 18.0. The van der Waals surface area contributed by atoms with Crippen LogP contribution in [0, 0.1) is 6.92 Å². The smallest absolute Gasteiger partial charge is 0.194 e. The van der Waals surface area contributed by atoms with Crippen LogP contribution in [-0.2, 0) is 13.6 Å². The van der Waals surface area contributed by atoms with Crippen molar-refractivity contribution in [1.82, 2.24) is 25.0 Å². The van der Waals surface area contributed by atoms with Crippen LogP contribution in [0.25, 0.3) is 0 Å². The molecule has 0 unspecified atom stereocenters. The van der Waals surface area contributed by atoms with E-state index in [2.05, 4.69) is 42.4 Å². The highest BCUT2D eigenvalue weighted by atomic mass is 16.5. The summed E-state index contributed by atoms with van der Waals surface area (Å²) in [6.07, 6.45) is 0. The highest BCUT2D eigenvalue weighted by Gasteiger charge is 2.20. The van der Waals surface area contributed by atoms with Gasteiger partial charge in [-0.1, -0.05) is 0 Å². The Morgan fingerprint density at radius 2 is 1.85 bits per heavy atom. The second-order valence-electron chi connectivity index (χ2n) is 6.30. The van der Waals surface area contributed by atoms with Gasteiger partial charge < -0.3 is 24.4 Å². The minimum Gasteiger partial charge on any atom is -0.497 e. The molecule has 0 radical (unpaired) electrons. The van der Waals surface area contributed by atoms with Crippen molar-refractivity contribution >= 4 is 11.6 Å². The summed E-state index contributed by atoms with van der Waals surface area (Å²) in [6.45, 7) is 6.31. The van der Waals surface area contributed by atoms with Gasteiger partial charge in [0.2, 0.25) is 0 Å². The first-order valence-electron chi connectivity index (χ1n) is 8.82. The van der Waals surface area contributed by atoms with Crippen molar-refractivity contribution in [3.63, 3.8) is 0 Å². The van der Waals surface area contributed by atoms with Crippen molar-refractivity contribution in [2.45, 2.75) is 13.5 Å². The lowest BCUT2D eigenvalue weighted by Gasteiger charge is -2.37. The Morgan fingerprint density at radius 1 is 1.15 bits per heavy atom. The zero-order chi connectivity index (χ0) is 18.5. The van der Waals surface area contributed by atoms with E-state index in [0.717, 1.165) is 49.5 Å². The molecule has 0 bridgehead atoms. The van der Waals surface area contributed by atoms with Gasteiger partial charge in [0.25, 0.3) is 0 Å². The Bertz CT molecular complexity index is 745. The Kier molecular flexibility index (Phi) is 5.60. The second kappa shape index (κ2) is 8.07. The minimum atomic E-state index is 0.614. The molecule has 1 fully saturated rings. The van der Waals surface area contributed by atoms with Gasteiger partial charge in [-0.25, -0.2) is 0 Å². The van der Waals surface area contributed by atoms with E-state index in [0.29, 0.717) is 6.54 Å². The predicted molar refractivity (Wildman–Crippen MR) is 103 cm³/mol. The minimum absolute atomic E-state index is 0.614. The lowest BCUT2D eigenvalue weighted by molar-refractivity contribution is 0.371. The van der Waals surface area contributed by atoms with E-state index in [9.17, 15) is 0 Å². The van der Waals surface area contributed by atoms with Gasteiger partial charge >= 0.3 is 0 Å². The molecule has 1 aliphatic rings. The van der Waals surface area contributed by atoms with Crippen molar-refractivity contribution in [3.8, 4) is 5.75 Å². The molecule has 0 amide bonds. The van der Waals surface area contributed by atoms with E-state index in [4.69, 9.17) is 4.74 Å². The zero-order valence-electron chi connectivity index (χ0n) is 15.9. The van der Waals surface area contributed by atoms with Crippen LogP contribution >= 0.6 is 0 Å². The fourth-order valence-corrected chi connectivity index (χ4v) is 3.06. The van der Waals surface area contributed by atoms with E-state index in [1.807, 2.05) is 37.7 Å². The summed E-state index contributed by atoms with van der Waals surface area (Å²) < 4.78 is 7.22. The number of piperazine rings is 1. The van der Waals surface area contributed by atoms with Gasteiger partial charge in [-0.3, -0.25) is 4.99 Å². The average Bonchev–Trinajstić information content (AvgIpc) is 3.01. The van der Waals surface area contributed by atoms with E-state index < -0.39 is 0 Å². The number of benzene rings is 1. The summed E-state index contributed by atoms with van der Waals surface area (Å²) in [6, 6.07) is 8.23. The third-order valence-corrected chi connectivity index (χ3v) is 4.82. The number of ether oxygens (including phenoxy) is 1. The van der Waals surface area contributed by atoms with Crippen molar-refractivity contribution in [3.05, 3.63) is 35.9 Å². The first-order valence-corrected chi connectivity index (χ1v) is 8.82. The van der Waals surface area contributed by atoms with Crippen LogP contribution in [0.3, 0.4) is 0 Å².